The van der Waals surface area contributed by atoms with Crippen LogP contribution >= 0.6 is 0 Å². The van der Waals surface area contributed by atoms with Crippen LogP contribution in [0.4, 0.5) is 0 Å². The van der Waals surface area contributed by atoms with Crippen LogP contribution in [0.2, 0.25) is 0 Å². The number of hydrogen-bond acceptors (Lipinski definition) is 3. The number of carbonyl (C=O) groups excluding carboxylic acids is 1. The van der Waals surface area contributed by atoms with E-state index in [-0.39, 0.29) is 23.3 Å². The monoisotopic (exact) mass is 309 g/mol. The van der Waals surface area contributed by atoms with Gasteiger partial charge in [-0.2, -0.15) is 0 Å². The molecule has 1 N–H and O–H groups in total. The summed E-state index contributed by atoms with van der Waals surface area (Å²) in [7, 11) is -2.90. The molecule has 1 aromatic rings. The summed E-state index contributed by atoms with van der Waals surface area (Å²) < 4.78 is 22.8. The van der Waals surface area contributed by atoms with Crippen LogP contribution in [0.15, 0.2) is 30.3 Å². The van der Waals surface area contributed by atoms with Crippen molar-refractivity contribution < 1.29 is 13.2 Å². The Kier molecular flexibility index (Phi) is 5.39. The first-order valence-electron chi connectivity index (χ1n) is 7.52. The molecule has 2 atom stereocenters. The second-order valence-corrected chi connectivity index (χ2v) is 8.02. The molecule has 0 saturated carbocycles. The van der Waals surface area contributed by atoms with Gasteiger partial charge in [0.25, 0.3) is 0 Å². The highest BCUT2D eigenvalue weighted by atomic mass is 32.2. The van der Waals surface area contributed by atoms with Crippen molar-refractivity contribution in [1.29, 1.82) is 0 Å². The third-order valence-corrected chi connectivity index (χ3v) is 5.95. The summed E-state index contributed by atoms with van der Waals surface area (Å²) in [4.78, 5) is 12.0. The highest BCUT2D eigenvalue weighted by Gasteiger charge is 2.29. The minimum Gasteiger partial charge on any atom is -0.355 e. The van der Waals surface area contributed by atoms with Gasteiger partial charge in [-0.25, -0.2) is 8.42 Å². The number of sulfone groups is 1. The van der Waals surface area contributed by atoms with Gasteiger partial charge >= 0.3 is 0 Å². The Morgan fingerprint density at radius 1 is 1.33 bits per heavy atom. The molecule has 1 saturated heterocycles. The average Bonchev–Trinajstić information content (AvgIpc) is 2.79. The maximum absolute atomic E-state index is 12.0. The number of amides is 1. The zero-order valence-electron chi connectivity index (χ0n) is 12.4. The van der Waals surface area contributed by atoms with Gasteiger partial charge < -0.3 is 5.32 Å². The van der Waals surface area contributed by atoms with Gasteiger partial charge in [-0.1, -0.05) is 37.3 Å². The molecule has 21 heavy (non-hydrogen) atoms. The number of benzene rings is 1. The average molecular weight is 309 g/mol. The standard InChI is InChI=1S/C16H23NO3S/c1-2-14(15-6-4-3-5-7-15)11-17-16(18)10-13-8-9-21(19,20)12-13/h3-7,13-14H,2,8-12H2,1H3,(H,17,18). The lowest BCUT2D eigenvalue weighted by atomic mass is 9.96. The fraction of sp³-hybridized carbons (Fsp3) is 0.562. The third-order valence-electron chi connectivity index (χ3n) is 4.11. The Bertz CT molecular complexity index is 568. The fourth-order valence-electron chi connectivity index (χ4n) is 2.83. The summed E-state index contributed by atoms with van der Waals surface area (Å²) in [6.07, 6.45) is 1.90. The zero-order valence-corrected chi connectivity index (χ0v) is 13.2. The highest BCUT2D eigenvalue weighted by molar-refractivity contribution is 7.91. The minimum atomic E-state index is -2.90. The maximum Gasteiger partial charge on any atom is 0.220 e. The first kappa shape index (κ1) is 16.0. The largest absolute Gasteiger partial charge is 0.355 e. The summed E-state index contributed by atoms with van der Waals surface area (Å²) >= 11 is 0. The minimum absolute atomic E-state index is 0.00759. The van der Waals surface area contributed by atoms with Crippen molar-refractivity contribution in [2.24, 2.45) is 5.92 Å². The van der Waals surface area contributed by atoms with Gasteiger partial charge in [0.2, 0.25) is 5.91 Å². The Labute approximate surface area is 126 Å². The van der Waals surface area contributed by atoms with E-state index in [4.69, 9.17) is 0 Å². The molecule has 0 radical (unpaired) electrons. The molecular weight excluding hydrogens is 286 g/mol. The molecule has 1 fully saturated rings. The van der Waals surface area contributed by atoms with E-state index in [1.165, 1.54) is 5.56 Å². The second-order valence-electron chi connectivity index (χ2n) is 5.79. The number of nitrogens with one attached hydrogen (secondary N) is 1. The Balaban J connectivity index is 1.80. The van der Waals surface area contributed by atoms with E-state index in [9.17, 15) is 13.2 Å². The lowest BCUT2D eigenvalue weighted by Crippen LogP contribution is -2.30. The maximum atomic E-state index is 12.0. The number of carbonyl (C=O) groups is 1. The molecule has 1 amide bonds. The number of rotatable bonds is 6. The molecule has 0 aromatic heterocycles. The van der Waals surface area contributed by atoms with E-state index in [0.717, 1.165) is 6.42 Å². The molecule has 1 aromatic carbocycles. The molecule has 0 bridgehead atoms. The van der Waals surface area contributed by atoms with Crippen LogP contribution in [0.1, 0.15) is 37.7 Å². The van der Waals surface area contributed by atoms with E-state index in [2.05, 4.69) is 24.4 Å². The van der Waals surface area contributed by atoms with Crippen molar-refractivity contribution in [3.8, 4) is 0 Å². The zero-order chi connectivity index (χ0) is 15.3. The van der Waals surface area contributed by atoms with E-state index in [0.29, 0.717) is 25.3 Å². The van der Waals surface area contributed by atoms with Crippen molar-refractivity contribution in [1.82, 2.24) is 5.32 Å². The molecule has 1 aliphatic heterocycles. The van der Waals surface area contributed by atoms with Gasteiger partial charge in [0.15, 0.2) is 9.84 Å². The molecule has 0 spiro atoms. The smallest absolute Gasteiger partial charge is 0.220 e. The van der Waals surface area contributed by atoms with Gasteiger partial charge in [-0.05, 0) is 24.3 Å². The Morgan fingerprint density at radius 2 is 2.05 bits per heavy atom. The summed E-state index contributed by atoms with van der Waals surface area (Å²) in [6, 6.07) is 10.1. The highest BCUT2D eigenvalue weighted by Crippen LogP contribution is 2.22. The normalized spacial score (nSPS) is 21.9. The van der Waals surface area contributed by atoms with Crippen molar-refractivity contribution in [3.05, 3.63) is 35.9 Å². The van der Waals surface area contributed by atoms with E-state index >= 15 is 0 Å². The molecule has 1 heterocycles. The van der Waals surface area contributed by atoms with Gasteiger partial charge in [-0.3, -0.25) is 4.79 Å². The molecular formula is C16H23NO3S. The van der Waals surface area contributed by atoms with Crippen LogP contribution in [0.25, 0.3) is 0 Å². The molecule has 5 heteroatoms. The summed E-state index contributed by atoms with van der Waals surface area (Å²) in [5.41, 5.74) is 1.23. The van der Waals surface area contributed by atoms with Gasteiger partial charge in [0.1, 0.15) is 0 Å². The van der Waals surface area contributed by atoms with Crippen molar-refractivity contribution >= 4 is 15.7 Å². The lowest BCUT2D eigenvalue weighted by molar-refractivity contribution is -0.121. The Morgan fingerprint density at radius 3 is 2.62 bits per heavy atom. The van der Waals surface area contributed by atoms with Crippen LogP contribution in [0, 0.1) is 5.92 Å². The second kappa shape index (κ2) is 7.07. The number of hydrogen-bond donors (Lipinski definition) is 1. The quantitative estimate of drug-likeness (QED) is 0.875. The van der Waals surface area contributed by atoms with E-state index in [1.807, 2.05) is 18.2 Å². The van der Waals surface area contributed by atoms with E-state index in [1.54, 1.807) is 0 Å². The van der Waals surface area contributed by atoms with Gasteiger partial charge in [0.05, 0.1) is 11.5 Å². The Hall–Kier alpha value is -1.36. The van der Waals surface area contributed by atoms with Crippen molar-refractivity contribution in [2.45, 2.75) is 32.1 Å². The van der Waals surface area contributed by atoms with Crippen molar-refractivity contribution in [3.63, 3.8) is 0 Å². The van der Waals surface area contributed by atoms with Crippen LogP contribution in [-0.2, 0) is 14.6 Å². The van der Waals surface area contributed by atoms with Gasteiger partial charge in [0, 0.05) is 18.9 Å². The predicted molar refractivity (Wildman–Crippen MR) is 83.9 cm³/mol. The molecule has 2 rings (SSSR count). The fourth-order valence-corrected chi connectivity index (χ4v) is 4.69. The third kappa shape index (κ3) is 4.84. The van der Waals surface area contributed by atoms with Crippen molar-refractivity contribution in [2.75, 3.05) is 18.1 Å². The summed E-state index contributed by atoms with van der Waals surface area (Å²) in [6.45, 7) is 2.71. The van der Waals surface area contributed by atoms with Crippen LogP contribution in [0.5, 0.6) is 0 Å². The first-order valence-corrected chi connectivity index (χ1v) is 9.34. The topological polar surface area (TPSA) is 63.2 Å². The lowest BCUT2D eigenvalue weighted by Gasteiger charge is -2.17. The summed E-state index contributed by atoms with van der Waals surface area (Å²) in [5.74, 6) is 0.656. The van der Waals surface area contributed by atoms with Crippen LogP contribution < -0.4 is 5.32 Å². The molecule has 0 aliphatic carbocycles. The molecule has 1 aliphatic rings. The molecule has 116 valence electrons. The van der Waals surface area contributed by atoms with E-state index < -0.39 is 9.84 Å². The molecule has 4 nitrogen and oxygen atoms in total. The predicted octanol–water partition coefficient (Wildman–Crippen LogP) is 2.12. The van der Waals surface area contributed by atoms with Crippen LogP contribution in [-0.4, -0.2) is 32.4 Å². The van der Waals surface area contributed by atoms with Crippen LogP contribution in [0.3, 0.4) is 0 Å². The molecule has 2 unspecified atom stereocenters. The van der Waals surface area contributed by atoms with Gasteiger partial charge in [-0.15, -0.1) is 0 Å². The first-order chi connectivity index (χ1) is 10.00. The summed E-state index contributed by atoms with van der Waals surface area (Å²) in [5, 5.41) is 2.95. The SMILES string of the molecule is CCC(CNC(=O)CC1CCS(=O)(=O)C1)c1ccccc1.